The number of piperidine rings is 1. The number of hydrogen-bond acceptors (Lipinski definition) is 3. The van der Waals surface area contributed by atoms with E-state index in [0.717, 1.165) is 39.1 Å². The molecular weight excluding hydrogens is 234 g/mol. The van der Waals surface area contributed by atoms with Crippen LogP contribution in [-0.4, -0.2) is 61.2 Å². The molecule has 1 unspecified atom stereocenters. The molecule has 1 N–H and O–H groups in total. The SMILES string of the molecule is CC(C)N1CCCCC1CC#CCN1CCNCC1. The van der Waals surface area contributed by atoms with Crippen molar-refractivity contribution in [3.8, 4) is 11.8 Å². The van der Waals surface area contributed by atoms with E-state index in [4.69, 9.17) is 0 Å². The highest BCUT2D eigenvalue weighted by Crippen LogP contribution is 2.21. The highest BCUT2D eigenvalue weighted by molar-refractivity contribution is 5.04. The monoisotopic (exact) mass is 263 g/mol. The highest BCUT2D eigenvalue weighted by Gasteiger charge is 2.23. The van der Waals surface area contributed by atoms with Crippen molar-refractivity contribution in [2.45, 2.75) is 51.6 Å². The zero-order valence-corrected chi connectivity index (χ0v) is 12.6. The van der Waals surface area contributed by atoms with Gasteiger partial charge in [0.25, 0.3) is 0 Å². The van der Waals surface area contributed by atoms with E-state index in [0.29, 0.717) is 12.1 Å². The predicted molar refractivity (Wildman–Crippen MR) is 81.2 cm³/mol. The molecule has 2 fully saturated rings. The van der Waals surface area contributed by atoms with E-state index in [1.165, 1.54) is 25.8 Å². The van der Waals surface area contributed by atoms with Crippen LogP contribution >= 0.6 is 0 Å². The second-order valence-electron chi connectivity index (χ2n) is 6.07. The first kappa shape index (κ1) is 14.8. The fourth-order valence-electron chi connectivity index (χ4n) is 3.15. The number of piperazine rings is 1. The van der Waals surface area contributed by atoms with E-state index in [-0.39, 0.29) is 0 Å². The number of nitrogens with zero attached hydrogens (tertiary/aromatic N) is 2. The number of rotatable bonds is 3. The van der Waals surface area contributed by atoms with Crippen molar-refractivity contribution < 1.29 is 0 Å². The van der Waals surface area contributed by atoms with Gasteiger partial charge in [-0.15, -0.1) is 5.92 Å². The molecule has 2 saturated heterocycles. The van der Waals surface area contributed by atoms with Crippen molar-refractivity contribution in [1.29, 1.82) is 0 Å². The Kier molecular flexibility index (Phi) is 6.16. The van der Waals surface area contributed by atoms with Gasteiger partial charge in [0.15, 0.2) is 0 Å². The normalized spacial score (nSPS) is 26.2. The summed E-state index contributed by atoms with van der Waals surface area (Å²) in [4.78, 5) is 5.09. The van der Waals surface area contributed by atoms with Crippen molar-refractivity contribution in [2.24, 2.45) is 0 Å². The van der Waals surface area contributed by atoms with Crippen LogP contribution in [0.5, 0.6) is 0 Å². The van der Waals surface area contributed by atoms with E-state index >= 15 is 0 Å². The summed E-state index contributed by atoms with van der Waals surface area (Å²) < 4.78 is 0. The smallest absolute Gasteiger partial charge is 0.0602 e. The topological polar surface area (TPSA) is 18.5 Å². The number of likely N-dealkylation sites (tertiary alicyclic amines) is 1. The minimum atomic E-state index is 0.667. The van der Waals surface area contributed by atoms with Crippen LogP contribution in [0.4, 0.5) is 0 Å². The Bertz CT molecular complexity index is 310. The maximum atomic E-state index is 3.43. The molecule has 0 spiro atoms. The summed E-state index contributed by atoms with van der Waals surface area (Å²) in [5.41, 5.74) is 0. The molecule has 2 heterocycles. The average molecular weight is 263 g/mol. The lowest BCUT2D eigenvalue weighted by atomic mass is 9.98. The van der Waals surface area contributed by atoms with Gasteiger partial charge in [-0.2, -0.15) is 0 Å². The molecule has 0 aromatic carbocycles. The summed E-state index contributed by atoms with van der Waals surface area (Å²) in [5, 5.41) is 3.38. The van der Waals surface area contributed by atoms with Gasteiger partial charge in [-0.25, -0.2) is 0 Å². The van der Waals surface area contributed by atoms with Gasteiger partial charge in [-0.3, -0.25) is 9.80 Å². The predicted octanol–water partition coefficient (Wildman–Crippen LogP) is 1.55. The van der Waals surface area contributed by atoms with Gasteiger partial charge < -0.3 is 5.32 Å². The third-order valence-corrected chi connectivity index (χ3v) is 4.31. The lowest BCUT2D eigenvalue weighted by Gasteiger charge is -2.37. The fraction of sp³-hybridized carbons (Fsp3) is 0.875. The van der Waals surface area contributed by atoms with Crippen molar-refractivity contribution in [3.05, 3.63) is 0 Å². The summed E-state index contributed by atoms with van der Waals surface area (Å²) >= 11 is 0. The van der Waals surface area contributed by atoms with Crippen LogP contribution in [0.2, 0.25) is 0 Å². The lowest BCUT2D eigenvalue weighted by Crippen LogP contribution is -2.44. The van der Waals surface area contributed by atoms with Crippen LogP contribution in [0.3, 0.4) is 0 Å². The molecule has 2 rings (SSSR count). The molecular formula is C16H29N3. The molecule has 1 atom stereocenters. The quantitative estimate of drug-likeness (QED) is 0.780. The summed E-state index contributed by atoms with van der Waals surface area (Å²) in [6.07, 6.45) is 5.14. The Morgan fingerprint density at radius 1 is 1.11 bits per heavy atom. The summed E-state index contributed by atoms with van der Waals surface area (Å²) in [7, 11) is 0. The van der Waals surface area contributed by atoms with E-state index in [9.17, 15) is 0 Å². The summed E-state index contributed by atoms with van der Waals surface area (Å²) in [5.74, 6) is 6.82. The van der Waals surface area contributed by atoms with Crippen LogP contribution in [-0.2, 0) is 0 Å². The summed E-state index contributed by atoms with van der Waals surface area (Å²) in [6, 6.07) is 1.37. The largest absolute Gasteiger partial charge is 0.314 e. The van der Waals surface area contributed by atoms with Crippen LogP contribution in [0.25, 0.3) is 0 Å². The molecule has 0 aliphatic carbocycles. The minimum Gasteiger partial charge on any atom is -0.314 e. The van der Waals surface area contributed by atoms with Gasteiger partial charge in [0, 0.05) is 44.7 Å². The molecule has 2 aliphatic heterocycles. The maximum Gasteiger partial charge on any atom is 0.0602 e. The molecule has 19 heavy (non-hydrogen) atoms. The molecule has 2 aliphatic rings. The van der Waals surface area contributed by atoms with Crippen molar-refractivity contribution in [2.75, 3.05) is 39.3 Å². The fourth-order valence-corrected chi connectivity index (χ4v) is 3.15. The lowest BCUT2D eigenvalue weighted by molar-refractivity contribution is 0.114. The second kappa shape index (κ2) is 7.89. The van der Waals surface area contributed by atoms with Gasteiger partial charge in [0.05, 0.1) is 6.54 Å². The first-order valence-electron chi connectivity index (χ1n) is 7.92. The Balaban J connectivity index is 1.73. The first-order valence-corrected chi connectivity index (χ1v) is 7.92. The van der Waals surface area contributed by atoms with E-state index < -0.39 is 0 Å². The minimum absolute atomic E-state index is 0.667. The Morgan fingerprint density at radius 2 is 1.89 bits per heavy atom. The van der Waals surface area contributed by atoms with Crippen molar-refractivity contribution in [3.63, 3.8) is 0 Å². The van der Waals surface area contributed by atoms with Crippen LogP contribution in [0, 0.1) is 11.8 Å². The van der Waals surface area contributed by atoms with E-state index in [1.54, 1.807) is 0 Å². The molecule has 0 aromatic heterocycles. The summed E-state index contributed by atoms with van der Waals surface area (Å²) in [6.45, 7) is 11.4. The molecule has 0 saturated carbocycles. The average Bonchev–Trinajstić information content (AvgIpc) is 2.45. The van der Waals surface area contributed by atoms with Gasteiger partial charge in [-0.05, 0) is 33.2 Å². The van der Waals surface area contributed by atoms with Crippen LogP contribution in [0.15, 0.2) is 0 Å². The van der Waals surface area contributed by atoms with Crippen molar-refractivity contribution in [1.82, 2.24) is 15.1 Å². The molecule has 0 aromatic rings. The molecule has 3 heteroatoms. The van der Waals surface area contributed by atoms with Crippen LogP contribution in [0.1, 0.15) is 39.5 Å². The van der Waals surface area contributed by atoms with E-state index in [2.05, 4.69) is 40.8 Å². The Labute approximate surface area is 118 Å². The zero-order valence-electron chi connectivity index (χ0n) is 12.6. The van der Waals surface area contributed by atoms with Gasteiger partial charge >= 0.3 is 0 Å². The second-order valence-corrected chi connectivity index (χ2v) is 6.07. The molecule has 108 valence electrons. The Hall–Kier alpha value is -0.560. The van der Waals surface area contributed by atoms with Gasteiger partial charge in [0.2, 0.25) is 0 Å². The molecule has 3 nitrogen and oxygen atoms in total. The zero-order chi connectivity index (χ0) is 13.5. The third-order valence-electron chi connectivity index (χ3n) is 4.31. The molecule has 0 bridgehead atoms. The van der Waals surface area contributed by atoms with Gasteiger partial charge in [-0.1, -0.05) is 12.3 Å². The Morgan fingerprint density at radius 3 is 2.63 bits per heavy atom. The third kappa shape index (κ3) is 4.80. The maximum absolute atomic E-state index is 3.43. The number of nitrogens with one attached hydrogen (secondary N) is 1. The van der Waals surface area contributed by atoms with Gasteiger partial charge in [0.1, 0.15) is 0 Å². The molecule has 0 radical (unpaired) electrons. The standard InChI is InChI=1S/C16H29N3/c1-15(2)19-12-6-4-8-16(19)7-3-5-11-18-13-9-17-10-14-18/h15-17H,4,6-14H2,1-2H3. The highest BCUT2D eigenvalue weighted by atomic mass is 15.2. The first-order chi connectivity index (χ1) is 9.27. The van der Waals surface area contributed by atoms with E-state index in [1.807, 2.05) is 0 Å². The molecule has 0 amide bonds. The van der Waals surface area contributed by atoms with Crippen LogP contribution < -0.4 is 5.32 Å². The number of hydrogen-bond donors (Lipinski definition) is 1. The van der Waals surface area contributed by atoms with Crippen molar-refractivity contribution >= 4 is 0 Å².